The molecule has 1 aromatic rings. The molecule has 0 bridgehead atoms. The fourth-order valence-electron chi connectivity index (χ4n) is 0.852. The van der Waals surface area contributed by atoms with E-state index in [9.17, 15) is 17.6 Å². The minimum absolute atomic E-state index is 0.299. The third-order valence-electron chi connectivity index (χ3n) is 1.37. The molecule has 0 aromatic heterocycles. The summed E-state index contributed by atoms with van der Waals surface area (Å²) in [5.41, 5.74) is 0. The lowest BCUT2D eigenvalue weighted by Gasteiger charge is -2.10. The Bertz CT molecular complexity index is 322. The van der Waals surface area contributed by atoms with Crippen LogP contribution in [0.25, 0.3) is 0 Å². The molecule has 0 saturated heterocycles. The van der Waals surface area contributed by atoms with Crippen molar-refractivity contribution in [3.8, 4) is 11.5 Å². The number of hydrogen-bond donors (Lipinski definition) is 0. The predicted molar refractivity (Wildman–Crippen MR) is 39.6 cm³/mol. The van der Waals surface area contributed by atoms with Crippen LogP contribution in [-0.2, 0) is 0 Å². The molecule has 0 atom stereocenters. The maximum atomic E-state index is 13.1. The van der Waals surface area contributed by atoms with Gasteiger partial charge in [0.25, 0.3) is 0 Å². The van der Waals surface area contributed by atoms with Crippen LogP contribution in [0.3, 0.4) is 0 Å². The van der Waals surface area contributed by atoms with Crippen LogP contribution >= 0.6 is 0 Å². The molecule has 0 heterocycles. The monoisotopic (exact) mass is 210 g/mol. The van der Waals surface area contributed by atoms with E-state index >= 15 is 0 Å². The number of ether oxygens (including phenoxy) is 2. The molecule has 78 valence electrons. The number of hydrogen-bond acceptors (Lipinski definition) is 2. The SMILES string of the molecule is COc1cccc(OC(F)(F)F)c1F. The third kappa shape index (κ3) is 2.51. The first-order valence-electron chi connectivity index (χ1n) is 3.52. The number of methoxy groups -OCH3 is 1. The van der Waals surface area contributed by atoms with Crippen molar-refractivity contribution in [2.45, 2.75) is 6.36 Å². The summed E-state index contributed by atoms with van der Waals surface area (Å²) in [5.74, 6) is -2.38. The zero-order chi connectivity index (χ0) is 10.8. The summed E-state index contributed by atoms with van der Waals surface area (Å²) in [4.78, 5) is 0. The minimum Gasteiger partial charge on any atom is -0.494 e. The second-order valence-electron chi connectivity index (χ2n) is 2.32. The van der Waals surface area contributed by atoms with Gasteiger partial charge in [0, 0.05) is 0 Å². The summed E-state index contributed by atoms with van der Waals surface area (Å²) < 4.78 is 56.1. The smallest absolute Gasteiger partial charge is 0.494 e. The van der Waals surface area contributed by atoms with E-state index in [0.29, 0.717) is 0 Å². The van der Waals surface area contributed by atoms with E-state index in [-0.39, 0.29) is 5.75 Å². The van der Waals surface area contributed by atoms with Crippen LogP contribution in [0.4, 0.5) is 17.6 Å². The molecule has 0 saturated carbocycles. The first kappa shape index (κ1) is 10.6. The molecule has 0 aliphatic carbocycles. The number of alkyl halides is 3. The van der Waals surface area contributed by atoms with Crippen LogP contribution in [0.15, 0.2) is 18.2 Å². The zero-order valence-electron chi connectivity index (χ0n) is 7.06. The highest BCUT2D eigenvalue weighted by atomic mass is 19.4. The summed E-state index contributed by atoms with van der Waals surface area (Å²) >= 11 is 0. The molecule has 1 rings (SSSR count). The maximum Gasteiger partial charge on any atom is 0.573 e. The molecule has 14 heavy (non-hydrogen) atoms. The van der Waals surface area contributed by atoms with Gasteiger partial charge in [-0.25, -0.2) is 0 Å². The summed E-state index contributed by atoms with van der Waals surface area (Å²) in [7, 11) is 1.15. The summed E-state index contributed by atoms with van der Waals surface area (Å²) in [6, 6.07) is 3.26. The van der Waals surface area contributed by atoms with Crippen LogP contribution in [0.5, 0.6) is 11.5 Å². The Hall–Kier alpha value is -1.46. The first-order chi connectivity index (χ1) is 6.44. The van der Waals surface area contributed by atoms with Gasteiger partial charge in [-0.05, 0) is 12.1 Å². The van der Waals surface area contributed by atoms with E-state index in [1.807, 2.05) is 0 Å². The molecule has 0 aliphatic rings. The number of benzene rings is 1. The van der Waals surface area contributed by atoms with Gasteiger partial charge in [-0.2, -0.15) is 4.39 Å². The second kappa shape index (κ2) is 3.73. The lowest BCUT2D eigenvalue weighted by Crippen LogP contribution is -2.18. The fourth-order valence-corrected chi connectivity index (χ4v) is 0.852. The van der Waals surface area contributed by atoms with Gasteiger partial charge in [0.2, 0.25) is 5.82 Å². The molecule has 0 spiro atoms. The fraction of sp³-hybridized carbons (Fsp3) is 0.250. The van der Waals surface area contributed by atoms with E-state index in [0.717, 1.165) is 13.2 Å². The first-order valence-corrected chi connectivity index (χ1v) is 3.52. The average Bonchev–Trinajstić information content (AvgIpc) is 2.06. The Balaban J connectivity index is 2.98. The number of rotatable bonds is 2. The van der Waals surface area contributed by atoms with Crippen molar-refractivity contribution >= 4 is 0 Å². The third-order valence-corrected chi connectivity index (χ3v) is 1.37. The molecule has 0 fully saturated rings. The topological polar surface area (TPSA) is 18.5 Å². The molecule has 0 radical (unpaired) electrons. The maximum absolute atomic E-state index is 13.1. The highest BCUT2D eigenvalue weighted by molar-refractivity contribution is 5.35. The molecule has 0 amide bonds. The lowest BCUT2D eigenvalue weighted by atomic mass is 10.3. The van der Waals surface area contributed by atoms with Gasteiger partial charge in [0.05, 0.1) is 7.11 Å². The van der Waals surface area contributed by atoms with E-state index in [1.165, 1.54) is 12.1 Å². The van der Waals surface area contributed by atoms with Crippen molar-refractivity contribution in [1.82, 2.24) is 0 Å². The van der Waals surface area contributed by atoms with Gasteiger partial charge >= 0.3 is 6.36 Å². The van der Waals surface area contributed by atoms with Gasteiger partial charge in [-0.15, -0.1) is 13.2 Å². The van der Waals surface area contributed by atoms with Gasteiger partial charge < -0.3 is 9.47 Å². The van der Waals surface area contributed by atoms with Crippen molar-refractivity contribution in [2.24, 2.45) is 0 Å². The highest BCUT2D eigenvalue weighted by Crippen LogP contribution is 2.30. The molecular weight excluding hydrogens is 204 g/mol. The van der Waals surface area contributed by atoms with Gasteiger partial charge in [0.1, 0.15) is 0 Å². The van der Waals surface area contributed by atoms with E-state index in [2.05, 4.69) is 9.47 Å². The van der Waals surface area contributed by atoms with Crippen LogP contribution in [0, 0.1) is 5.82 Å². The van der Waals surface area contributed by atoms with Crippen molar-refractivity contribution in [3.05, 3.63) is 24.0 Å². The Labute approximate surface area is 77.1 Å². The van der Waals surface area contributed by atoms with Gasteiger partial charge in [-0.1, -0.05) is 6.07 Å². The molecular formula is C8H6F4O2. The van der Waals surface area contributed by atoms with E-state index in [1.54, 1.807) is 0 Å². The molecule has 1 aromatic carbocycles. The van der Waals surface area contributed by atoms with E-state index in [4.69, 9.17) is 0 Å². The molecule has 2 nitrogen and oxygen atoms in total. The molecule has 6 heteroatoms. The van der Waals surface area contributed by atoms with Crippen LogP contribution in [-0.4, -0.2) is 13.5 Å². The Morgan fingerprint density at radius 1 is 1.14 bits per heavy atom. The zero-order valence-corrected chi connectivity index (χ0v) is 7.06. The van der Waals surface area contributed by atoms with Crippen LogP contribution in [0.2, 0.25) is 0 Å². The molecule has 0 aliphatic heterocycles. The van der Waals surface area contributed by atoms with Crippen molar-refractivity contribution in [3.63, 3.8) is 0 Å². The highest BCUT2D eigenvalue weighted by Gasteiger charge is 2.32. The van der Waals surface area contributed by atoms with Gasteiger partial charge in [-0.3, -0.25) is 0 Å². The average molecular weight is 210 g/mol. The van der Waals surface area contributed by atoms with Crippen molar-refractivity contribution < 1.29 is 27.0 Å². The number of halogens is 4. The van der Waals surface area contributed by atoms with Crippen LogP contribution < -0.4 is 9.47 Å². The lowest BCUT2D eigenvalue weighted by molar-refractivity contribution is -0.275. The Morgan fingerprint density at radius 3 is 2.21 bits per heavy atom. The Kier molecular flexibility index (Phi) is 2.83. The predicted octanol–water partition coefficient (Wildman–Crippen LogP) is 2.73. The summed E-state index contributed by atoms with van der Waals surface area (Å²) in [6.07, 6.45) is -4.91. The minimum atomic E-state index is -4.91. The molecule has 0 N–H and O–H groups in total. The summed E-state index contributed by atoms with van der Waals surface area (Å²) in [6.45, 7) is 0. The van der Waals surface area contributed by atoms with Crippen molar-refractivity contribution in [1.29, 1.82) is 0 Å². The summed E-state index contributed by atoms with van der Waals surface area (Å²) in [5, 5.41) is 0. The Morgan fingerprint density at radius 2 is 1.71 bits per heavy atom. The normalized spacial score (nSPS) is 11.2. The van der Waals surface area contributed by atoms with Gasteiger partial charge in [0.15, 0.2) is 11.5 Å². The quantitative estimate of drug-likeness (QED) is 0.698. The van der Waals surface area contributed by atoms with Crippen molar-refractivity contribution in [2.75, 3.05) is 7.11 Å². The van der Waals surface area contributed by atoms with E-state index < -0.39 is 17.9 Å². The molecule has 0 unspecified atom stereocenters. The second-order valence-corrected chi connectivity index (χ2v) is 2.32. The van der Waals surface area contributed by atoms with Crippen LogP contribution in [0.1, 0.15) is 0 Å². The standard InChI is InChI=1S/C8H6F4O2/c1-13-5-3-2-4-6(7(5)9)14-8(10,11)12/h2-4H,1H3. The largest absolute Gasteiger partial charge is 0.573 e.